The SMILES string of the molecule is CC(C)(C)c1cc(C=NNC(=O)CSc2nnc(-c3ccc(Cl)cc3)n2-c2ccc(Cl)cc2)cc(C(C)(C)C)c1O. The molecule has 2 N–H and O–H groups in total. The summed E-state index contributed by atoms with van der Waals surface area (Å²) in [6.45, 7) is 12.3. The Kier molecular flexibility index (Phi) is 9.16. The van der Waals surface area contributed by atoms with E-state index in [1.807, 2.05) is 41.0 Å². The second-order valence-corrected chi connectivity index (χ2v) is 13.5. The van der Waals surface area contributed by atoms with Crippen LogP contribution in [0.1, 0.15) is 58.2 Å². The normalized spacial score (nSPS) is 12.2. The summed E-state index contributed by atoms with van der Waals surface area (Å²) in [4.78, 5) is 12.7. The molecule has 1 heterocycles. The average molecular weight is 611 g/mol. The topological polar surface area (TPSA) is 92.4 Å². The Bertz CT molecular complexity index is 1530. The summed E-state index contributed by atoms with van der Waals surface area (Å²) in [5.74, 6) is 0.683. The van der Waals surface area contributed by atoms with Gasteiger partial charge in [0.2, 0.25) is 0 Å². The number of amides is 1. The van der Waals surface area contributed by atoms with Gasteiger partial charge in [0.15, 0.2) is 11.0 Å². The lowest BCUT2D eigenvalue weighted by atomic mass is 9.78. The monoisotopic (exact) mass is 609 g/mol. The van der Waals surface area contributed by atoms with Gasteiger partial charge in [-0.1, -0.05) is 76.5 Å². The number of phenols is 1. The van der Waals surface area contributed by atoms with Crippen LogP contribution in [-0.2, 0) is 15.6 Å². The molecule has 0 spiro atoms. The first-order valence-corrected chi connectivity index (χ1v) is 14.8. The Morgan fingerprint density at radius 2 is 1.46 bits per heavy atom. The van der Waals surface area contributed by atoms with Crippen LogP contribution in [0.5, 0.6) is 5.75 Å². The molecule has 0 saturated carbocycles. The number of carbonyl (C=O) groups excluding carboxylic acids is 1. The minimum Gasteiger partial charge on any atom is -0.507 e. The predicted molar refractivity (Wildman–Crippen MR) is 169 cm³/mol. The average Bonchev–Trinajstić information content (AvgIpc) is 3.31. The minimum absolute atomic E-state index is 0.0692. The first kappa shape index (κ1) is 30.6. The third-order valence-corrected chi connectivity index (χ3v) is 7.74. The molecule has 0 aliphatic rings. The van der Waals surface area contributed by atoms with Crippen molar-refractivity contribution in [3.8, 4) is 22.8 Å². The van der Waals surface area contributed by atoms with E-state index in [9.17, 15) is 9.90 Å². The van der Waals surface area contributed by atoms with Gasteiger partial charge < -0.3 is 5.11 Å². The van der Waals surface area contributed by atoms with Gasteiger partial charge in [-0.25, -0.2) is 5.43 Å². The van der Waals surface area contributed by atoms with Crippen LogP contribution in [0.15, 0.2) is 70.9 Å². The fourth-order valence-electron chi connectivity index (χ4n) is 4.19. The Balaban J connectivity index is 1.52. The number of hydrogen-bond acceptors (Lipinski definition) is 6. The number of thioether (sulfide) groups is 1. The molecule has 0 saturated heterocycles. The Labute approximate surface area is 255 Å². The van der Waals surface area contributed by atoms with E-state index in [-0.39, 0.29) is 22.5 Å². The number of benzene rings is 3. The molecule has 214 valence electrons. The van der Waals surface area contributed by atoms with Crippen molar-refractivity contribution in [2.24, 2.45) is 5.10 Å². The summed E-state index contributed by atoms with van der Waals surface area (Å²) in [6, 6.07) is 18.4. The molecular weight excluding hydrogens is 577 g/mol. The zero-order valence-electron chi connectivity index (χ0n) is 23.9. The van der Waals surface area contributed by atoms with Crippen LogP contribution in [0.25, 0.3) is 17.1 Å². The standard InChI is InChI=1S/C31H33Cl2N5O2S/c1-30(2,3)24-15-19(16-25(27(24)40)31(4,5)6)17-34-35-26(39)18-41-29-37-36-28(20-7-9-21(32)10-8-20)38(29)23-13-11-22(33)12-14-23/h7-17,40H,18H2,1-6H3,(H,35,39). The molecule has 3 aromatic carbocycles. The van der Waals surface area contributed by atoms with Crippen molar-refractivity contribution in [2.75, 3.05) is 5.75 Å². The van der Waals surface area contributed by atoms with Crippen molar-refractivity contribution < 1.29 is 9.90 Å². The van der Waals surface area contributed by atoms with Crippen LogP contribution in [0.2, 0.25) is 10.0 Å². The molecule has 0 radical (unpaired) electrons. The highest BCUT2D eigenvalue weighted by molar-refractivity contribution is 7.99. The Morgan fingerprint density at radius 1 is 0.927 bits per heavy atom. The van der Waals surface area contributed by atoms with E-state index >= 15 is 0 Å². The van der Waals surface area contributed by atoms with E-state index in [4.69, 9.17) is 23.2 Å². The Morgan fingerprint density at radius 3 is 2.00 bits per heavy atom. The van der Waals surface area contributed by atoms with E-state index in [0.29, 0.717) is 26.8 Å². The van der Waals surface area contributed by atoms with Crippen LogP contribution < -0.4 is 5.43 Å². The molecule has 10 heteroatoms. The lowest BCUT2D eigenvalue weighted by Crippen LogP contribution is -2.20. The predicted octanol–water partition coefficient (Wildman–Crippen LogP) is 7.78. The maximum atomic E-state index is 12.7. The summed E-state index contributed by atoms with van der Waals surface area (Å²) < 4.78 is 1.87. The molecule has 4 aromatic rings. The molecule has 4 rings (SSSR count). The van der Waals surface area contributed by atoms with Crippen molar-refractivity contribution in [3.63, 3.8) is 0 Å². The van der Waals surface area contributed by atoms with Crippen molar-refractivity contribution in [2.45, 2.75) is 57.5 Å². The van der Waals surface area contributed by atoms with E-state index < -0.39 is 0 Å². The number of phenolic OH excluding ortho intramolecular Hbond substituents is 1. The molecule has 0 aliphatic carbocycles. The summed E-state index contributed by atoms with van der Waals surface area (Å²) in [6.07, 6.45) is 1.60. The van der Waals surface area contributed by atoms with Crippen molar-refractivity contribution in [3.05, 3.63) is 87.4 Å². The van der Waals surface area contributed by atoms with Crippen LogP contribution in [-0.4, -0.2) is 37.7 Å². The number of halogens is 2. The van der Waals surface area contributed by atoms with Gasteiger partial charge in [-0.2, -0.15) is 5.10 Å². The third kappa shape index (κ3) is 7.50. The van der Waals surface area contributed by atoms with Crippen molar-refractivity contribution in [1.82, 2.24) is 20.2 Å². The van der Waals surface area contributed by atoms with Gasteiger partial charge in [-0.15, -0.1) is 10.2 Å². The number of carbonyl (C=O) groups is 1. The maximum absolute atomic E-state index is 12.7. The highest BCUT2D eigenvalue weighted by atomic mass is 35.5. The third-order valence-electron chi connectivity index (χ3n) is 6.30. The van der Waals surface area contributed by atoms with Crippen LogP contribution in [0.3, 0.4) is 0 Å². The quantitative estimate of drug-likeness (QED) is 0.127. The maximum Gasteiger partial charge on any atom is 0.250 e. The molecule has 41 heavy (non-hydrogen) atoms. The van der Waals surface area contributed by atoms with Gasteiger partial charge in [-0.05, 0) is 77.1 Å². The highest BCUT2D eigenvalue weighted by Gasteiger charge is 2.26. The highest BCUT2D eigenvalue weighted by Crippen LogP contribution is 2.39. The van der Waals surface area contributed by atoms with Crippen LogP contribution in [0.4, 0.5) is 0 Å². The van der Waals surface area contributed by atoms with Crippen LogP contribution in [0, 0.1) is 0 Å². The lowest BCUT2D eigenvalue weighted by molar-refractivity contribution is -0.118. The van der Waals surface area contributed by atoms with Gasteiger partial charge in [0, 0.05) is 32.4 Å². The van der Waals surface area contributed by atoms with Crippen LogP contribution >= 0.6 is 35.0 Å². The molecule has 0 aliphatic heterocycles. The smallest absolute Gasteiger partial charge is 0.250 e. The van der Waals surface area contributed by atoms with Gasteiger partial charge in [0.1, 0.15) is 5.75 Å². The number of nitrogens with one attached hydrogen (secondary N) is 1. The van der Waals surface area contributed by atoms with Gasteiger partial charge in [0.05, 0.1) is 12.0 Å². The van der Waals surface area contributed by atoms with Gasteiger partial charge >= 0.3 is 0 Å². The molecule has 7 nitrogen and oxygen atoms in total. The van der Waals surface area contributed by atoms with E-state index in [1.54, 1.807) is 30.5 Å². The fourth-order valence-corrected chi connectivity index (χ4v) is 5.18. The summed E-state index contributed by atoms with van der Waals surface area (Å²) in [5, 5.41) is 25.6. The number of aromatic hydroxyl groups is 1. The molecule has 1 aromatic heterocycles. The summed E-state index contributed by atoms with van der Waals surface area (Å²) in [7, 11) is 0. The summed E-state index contributed by atoms with van der Waals surface area (Å²) >= 11 is 13.4. The minimum atomic E-state index is -0.296. The zero-order valence-corrected chi connectivity index (χ0v) is 26.2. The number of rotatable bonds is 7. The molecular formula is C31H33Cl2N5O2S. The fraction of sp³-hybridized carbons (Fsp3) is 0.290. The molecule has 0 atom stereocenters. The second kappa shape index (κ2) is 12.3. The lowest BCUT2D eigenvalue weighted by Gasteiger charge is -2.27. The van der Waals surface area contributed by atoms with E-state index in [0.717, 1.165) is 27.9 Å². The first-order chi connectivity index (χ1) is 19.2. The molecule has 1 amide bonds. The van der Waals surface area contributed by atoms with E-state index in [1.165, 1.54) is 11.8 Å². The number of aromatic nitrogens is 3. The first-order valence-electron chi connectivity index (χ1n) is 13.0. The molecule has 0 unspecified atom stereocenters. The van der Waals surface area contributed by atoms with Gasteiger partial charge in [0.25, 0.3) is 5.91 Å². The molecule has 0 fully saturated rings. The number of nitrogens with zero attached hydrogens (tertiary/aromatic N) is 4. The zero-order chi connectivity index (χ0) is 29.9. The number of hydrazone groups is 1. The summed E-state index contributed by atoms with van der Waals surface area (Å²) in [5.41, 5.74) is 6.15. The Hall–Kier alpha value is -3.33. The van der Waals surface area contributed by atoms with E-state index in [2.05, 4.69) is 62.3 Å². The van der Waals surface area contributed by atoms with Gasteiger partial charge in [-0.3, -0.25) is 9.36 Å². The van der Waals surface area contributed by atoms with Crippen molar-refractivity contribution in [1.29, 1.82) is 0 Å². The molecule has 0 bridgehead atoms. The largest absolute Gasteiger partial charge is 0.507 e. The number of hydrogen-bond donors (Lipinski definition) is 2. The second-order valence-electron chi connectivity index (χ2n) is 11.7. The van der Waals surface area contributed by atoms with Crippen molar-refractivity contribution >= 4 is 47.1 Å².